The van der Waals surface area contributed by atoms with Crippen LogP contribution in [0.25, 0.3) is 0 Å². The lowest BCUT2D eigenvalue weighted by Crippen LogP contribution is -2.55. The van der Waals surface area contributed by atoms with Gasteiger partial charge in [0.25, 0.3) is 0 Å². The molecule has 0 saturated heterocycles. The normalized spacial score (nSPS) is 23.9. The summed E-state index contributed by atoms with van der Waals surface area (Å²) in [7, 11) is 1.75. The Morgan fingerprint density at radius 2 is 1.70 bits per heavy atom. The molecule has 0 bridgehead atoms. The topological polar surface area (TPSA) is 35.2 Å². The predicted molar refractivity (Wildman–Crippen MR) is 83.0 cm³/mol. The van der Waals surface area contributed by atoms with Gasteiger partial charge in [0.05, 0.1) is 7.11 Å². The van der Waals surface area contributed by atoms with Gasteiger partial charge in [-0.05, 0) is 44.1 Å². The van der Waals surface area contributed by atoms with Gasteiger partial charge in [0.2, 0.25) is 0 Å². The average molecular weight is 273 g/mol. The Bertz CT molecular complexity index is 478. The molecule has 1 aromatic rings. The summed E-state index contributed by atoms with van der Waals surface area (Å²) < 4.78 is 5.54. The summed E-state index contributed by atoms with van der Waals surface area (Å²) in [5.41, 5.74) is 9.60. The summed E-state index contributed by atoms with van der Waals surface area (Å²) in [4.78, 5) is 0. The van der Waals surface area contributed by atoms with E-state index in [0.29, 0.717) is 5.41 Å². The third-order valence-electron chi connectivity index (χ3n) is 5.44. The fraction of sp³-hybridized carbons (Fsp3) is 0.667. The van der Waals surface area contributed by atoms with E-state index in [1.807, 2.05) is 0 Å². The van der Waals surface area contributed by atoms with Crippen LogP contribution in [0.3, 0.4) is 0 Å². The number of nitrogens with two attached hydrogens (primary N) is 1. The summed E-state index contributed by atoms with van der Waals surface area (Å²) in [6, 6.07) is 6.39. The second-order valence-electron chi connectivity index (χ2n) is 7.13. The minimum atomic E-state index is -0.165. The molecule has 1 aromatic carbocycles. The van der Waals surface area contributed by atoms with Crippen LogP contribution < -0.4 is 10.5 Å². The molecule has 2 heteroatoms. The largest absolute Gasteiger partial charge is 0.496 e. The molecular weight excluding hydrogens is 246 g/mol. The van der Waals surface area contributed by atoms with E-state index >= 15 is 0 Å². The van der Waals surface area contributed by atoms with Crippen LogP contribution in [0.4, 0.5) is 0 Å². The molecule has 20 heavy (non-hydrogen) atoms. The van der Waals surface area contributed by atoms with Crippen LogP contribution >= 0.6 is 0 Å². The first-order valence-corrected chi connectivity index (χ1v) is 8.01. The lowest BCUT2D eigenvalue weighted by molar-refractivity contribution is 0.00832. The van der Waals surface area contributed by atoms with E-state index in [1.54, 1.807) is 7.11 Å². The molecule has 2 N–H and O–H groups in total. The molecular formula is C18H27NO. The molecule has 2 aliphatic carbocycles. The molecule has 2 saturated carbocycles. The first-order valence-electron chi connectivity index (χ1n) is 8.01. The smallest absolute Gasteiger partial charge is 0.123 e. The van der Waals surface area contributed by atoms with Gasteiger partial charge in [0.1, 0.15) is 5.75 Å². The van der Waals surface area contributed by atoms with Gasteiger partial charge >= 0.3 is 0 Å². The highest BCUT2D eigenvalue weighted by Gasteiger charge is 2.53. The molecule has 2 aliphatic rings. The van der Waals surface area contributed by atoms with Gasteiger partial charge in [-0.2, -0.15) is 0 Å². The fourth-order valence-electron chi connectivity index (χ4n) is 4.52. The minimum Gasteiger partial charge on any atom is -0.496 e. The van der Waals surface area contributed by atoms with Crippen molar-refractivity contribution in [3.05, 3.63) is 29.3 Å². The van der Waals surface area contributed by atoms with Crippen molar-refractivity contribution in [3.8, 4) is 5.75 Å². The van der Waals surface area contributed by atoms with Crippen molar-refractivity contribution in [1.82, 2.24) is 0 Å². The zero-order valence-electron chi connectivity index (χ0n) is 12.9. The first-order chi connectivity index (χ1) is 9.57. The quantitative estimate of drug-likeness (QED) is 0.872. The maximum atomic E-state index is 6.75. The SMILES string of the molecule is COc1ccc(C)cc1C1(N)CC2(CCCCCC2)C1. The molecule has 2 nitrogen and oxygen atoms in total. The van der Waals surface area contributed by atoms with Gasteiger partial charge in [-0.25, -0.2) is 0 Å². The number of hydrogen-bond donors (Lipinski definition) is 1. The molecule has 0 unspecified atom stereocenters. The number of rotatable bonds is 2. The van der Waals surface area contributed by atoms with Gasteiger partial charge in [0.15, 0.2) is 0 Å². The highest BCUT2D eigenvalue weighted by atomic mass is 16.5. The van der Waals surface area contributed by atoms with Crippen LogP contribution in [0.15, 0.2) is 18.2 Å². The predicted octanol–water partition coefficient (Wildman–Crippen LogP) is 4.29. The Kier molecular flexibility index (Phi) is 3.53. The van der Waals surface area contributed by atoms with Gasteiger partial charge < -0.3 is 10.5 Å². The van der Waals surface area contributed by atoms with Crippen molar-refractivity contribution < 1.29 is 4.74 Å². The molecule has 0 heterocycles. The molecule has 0 radical (unpaired) electrons. The van der Waals surface area contributed by atoms with Crippen LogP contribution in [0.2, 0.25) is 0 Å². The fourth-order valence-corrected chi connectivity index (χ4v) is 4.52. The molecule has 0 aliphatic heterocycles. The maximum Gasteiger partial charge on any atom is 0.123 e. The summed E-state index contributed by atoms with van der Waals surface area (Å²) >= 11 is 0. The number of ether oxygens (including phenoxy) is 1. The van der Waals surface area contributed by atoms with E-state index in [2.05, 4.69) is 25.1 Å². The third kappa shape index (κ3) is 2.35. The Morgan fingerprint density at radius 1 is 1.05 bits per heavy atom. The summed E-state index contributed by atoms with van der Waals surface area (Å²) in [5.74, 6) is 0.960. The minimum absolute atomic E-state index is 0.165. The second kappa shape index (κ2) is 5.07. The Hall–Kier alpha value is -1.02. The van der Waals surface area contributed by atoms with Crippen molar-refractivity contribution in [2.75, 3.05) is 7.11 Å². The van der Waals surface area contributed by atoms with Crippen LogP contribution in [0, 0.1) is 12.3 Å². The second-order valence-corrected chi connectivity index (χ2v) is 7.13. The number of methoxy groups -OCH3 is 1. The van der Waals surface area contributed by atoms with E-state index in [4.69, 9.17) is 10.5 Å². The summed E-state index contributed by atoms with van der Waals surface area (Å²) in [6.07, 6.45) is 10.6. The molecule has 3 rings (SSSR count). The van der Waals surface area contributed by atoms with Gasteiger partial charge in [-0.1, -0.05) is 43.4 Å². The zero-order chi connectivity index (χ0) is 14.2. The molecule has 0 amide bonds. The Labute approximate surface area is 122 Å². The summed E-state index contributed by atoms with van der Waals surface area (Å²) in [6.45, 7) is 2.13. The summed E-state index contributed by atoms with van der Waals surface area (Å²) in [5, 5.41) is 0. The van der Waals surface area contributed by atoms with Gasteiger partial charge in [-0.15, -0.1) is 0 Å². The van der Waals surface area contributed by atoms with E-state index in [0.717, 1.165) is 18.6 Å². The third-order valence-corrected chi connectivity index (χ3v) is 5.44. The zero-order valence-corrected chi connectivity index (χ0v) is 12.9. The van der Waals surface area contributed by atoms with Crippen LogP contribution in [-0.2, 0) is 5.54 Å². The van der Waals surface area contributed by atoms with E-state index in [1.165, 1.54) is 49.7 Å². The van der Waals surface area contributed by atoms with Crippen molar-refractivity contribution in [2.45, 2.75) is 63.8 Å². The first kappa shape index (κ1) is 13.9. The molecule has 2 fully saturated rings. The van der Waals surface area contributed by atoms with Crippen LogP contribution in [0.5, 0.6) is 5.75 Å². The maximum absolute atomic E-state index is 6.75. The molecule has 0 aromatic heterocycles. The van der Waals surface area contributed by atoms with Crippen molar-refractivity contribution in [3.63, 3.8) is 0 Å². The Balaban J connectivity index is 1.83. The highest BCUT2D eigenvalue weighted by molar-refractivity contribution is 5.44. The lowest BCUT2D eigenvalue weighted by atomic mass is 9.52. The van der Waals surface area contributed by atoms with Gasteiger partial charge in [-0.3, -0.25) is 0 Å². The van der Waals surface area contributed by atoms with E-state index in [-0.39, 0.29) is 5.54 Å². The monoisotopic (exact) mass is 273 g/mol. The standard InChI is InChI=1S/C18H27NO/c1-14-7-8-16(20-2)15(11-14)18(19)12-17(13-18)9-5-3-4-6-10-17/h7-8,11H,3-6,9-10,12-13,19H2,1-2H3. The van der Waals surface area contributed by atoms with Crippen molar-refractivity contribution >= 4 is 0 Å². The Morgan fingerprint density at radius 3 is 2.30 bits per heavy atom. The molecule has 1 spiro atoms. The molecule has 110 valence electrons. The highest BCUT2D eigenvalue weighted by Crippen LogP contribution is 2.59. The average Bonchev–Trinajstić information content (AvgIpc) is 2.64. The number of benzene rings is 1. The van der Waals surface area contributed by atoms with Crippen LogP contribution in [0.1, 0.15) is 62.5 Å². The van der Waals surface area contributed by atoms with Crippen molar-refractivity contribution in [1.29, 1.82) is 0 Å². The van der Waals surface area contributed by atoms with Crippen LogP contribution in [-0.4, -0.2) is 7.11 Å². The van der Waals surface area contributed by atoms with Gasteiger partial charge in [0, 0.05) is 11.1 Å². The molecule has 0 atom stereocenters. The van der Waals surface area contributed by atoms with E-state index in [9.17, 15) is 0 Å². The van der Waals surface area contributed by atoms with E-state index < -0.39 is 0 Å². The lowest BCUT2D eigenvalue weighted by Gasteiger charge is -2.55. The van der Waals surface area contributed by atoms with Crippen molar-refractivity contribution in [2.24, 2.45) is 11.1 Å². The number of aryl methyl sites for hydroxylation is 1. The number of hydrogen-bond acceptors (Lipinski definition) is 2.